The van der Waals surface area contributed by atoms with E-state index in [0.29, 0.717) is 5.56 Å². The van der Waals surface area contributed by atoms with Crippen molar-refractivity contribution in [1.82, 2.24) is 10.2 Å². The van der Waals surface area contributed by atoms with Crippen LogP contribution in [-0.2, 0) is 6.42 Å². The standard InChI is InChI=1S/C6H4Cl2N2OS.Na.H/c7-4-1-3(2-5(11)12)6(8)10-9-4;;/h1H,2H2,(H,11,12);;. The Labute approximate surface area is 113 Å². The average molecular weight is 247 g/mol. The van der Waals surface area contributed by atoms with E-state index < -0.39 is 0 Å². The van der Waals surface area contributed by atoms with Crippen molar-refractivity contribution in [3.8, 4) is 0 Å². The fraction of sp³-hybridized carbons (Fsp3) is 0.167. The van der Waals surface area contributed by atoms with Gasteiger partial charge in [0.2, 0.25) is 0 Å². The Hall–Kier alpha value is 0.550. The molecule has 0 bridgehead atoms. The Morgan fingerprint density at radius 1 is 1.46 bits per heavy atom. The predicted octanol–water partition coefficient (Wildman–Crippen LogP) is 1.56. The summed E-state index contributed by atoms with van der Waals surface area (Å²) in [5.41, 5.74) is 0.573. The maximum atomic E-state index is 8.80. The van der Waals surface area contributed by atoms with Crippen LogP contribution < -0.4 is 0 Å². The van der Waals surface area contributed by atoms with Gasteiger partial charge in [0.1, 0.15) is 0 Å². The molecule has 1 rings (SSSR count). The topological polar surface area (TPSA) is 46.0 Å². The first-order valence-corrected chi connectivity index (χ1v) is 4.15. The minimum absolute atomic E-state index is 0. The first kappa shape index (κ1) is 13.5. The van der Waals surface area contributed by atoms with Crippen LogP contribution in [0.1, 0.15) is 5.56 Å². The quantitative estimate of drug-likeness (QED) is 0.636. The fourth-order valence-corrected chi connectivity index (χ4v) is 1.16. The predicted molar refractivity (Wildman–Crippen MR) is 58.1 cm³/mol. The summed E-state index contributed by atoms with van der Waals surface area (Å²) in [7, 11) is 0. The molecular weight excluding hydrogens is 242 g/mol. The monoisotopic (exact) mass is 246 g/mol. The zero-order valence-corrected chi connectivity index (χ0v) is 8.12. The van der Waals surface area contributed by atoms with Crippen molar-refractivity contribution in [2.45, 2.75) is 6.42 Å². The van der Waals surface area contributed by atoms with E-state index in [1.54, 1.807) is 0 Å². The summed E-state index contributed by atoms with van der Waals surface area (Å²) in [6, 6.07) is 1.51. The Kier molecular flexibility index (Phi) is 6.37. The van der Waals surface area contributed by atoms with Gasteiger partial charge in [-0.15, -0.1) is 10.2 Å². The second-order valence-corrected chi connectivity index (χ2v) is 3.27. The van der Waals surface area contributed by atoms with E-state index in [2.05, 4.69) is 22.4 Å². The van der Waals surface area contributed by atoms with Gasteiger partial charge >= 0.3 is 29.6 Å². The third-order valence-corrected chi connectivity index (χ3v) is 1.78. The van der Waals surface area contributed by atoms with Gasteiger partial charge in [0.15, 0.2) is 15.4 Å². The van der Waals surface area contributed by atoms with Crippen LogP contribution in [0.3, 0.4) is 0 Å². The molecule has 3 nitrogen and oxygen atoms in total. The van der Waals surface area contributed by atoms with Gasteiger partial charge in [0, 0.05) is 12.0 Å². The molecule has 0 fully saturated rings. The number of thiocarbonyl (C=S) groups is 1. The van der Waals surface area contributed by atoms with Crippen LogP contribution in [0.15, 0.2) is 6.07 Å². The molecule has 0 spiro atoms. The third-order valence-electron chi connectivity index (χ3n) is 1.13. The first-order valence-electron chi connectivity index (χ1n) is 2.99. The van der Waals surface area contributed by atoms with Crippen LogP contribution in [0.25, 0.3) is 0 Å². The van der Waals surface area contributed by atoms with Crippen molar-refractivity contribution in [2.75, 3.05) is 0 Å². The number of hydrogen-bond donors (Lipinski definition) is 1. The van der Waals surface area contributed by atoms with Gasteiger partial charge in [-0.05, 0) is 18.3 Å². The molecule has 7 heteroatoms. The molecular formula is C6H5Cl2N2NaOS. The number of nitrogens with zero attached hydrogens (tertiary/aromatic N) is 2. The van der Waals surface area contributed by atoms with E-state index in [0.717, 1.165) is 0 Å². The van der Waals surface area contributed by atoms with Gasteiger partial charge in [0.05, 0.1) is 0 Å². The number of aliphatic hydroxyl groups excluding tert-OH is 1. The number of aliphatic hydroxyl groups is 1. The summed E-state index contributed by atoms with van der Waals surface area (Å²) >= 11 is 15.7. The number of hydrogen-bond acceptors (Lipinski definition) is 3. The molecule has 1 N–H and O–H groups in total. The van der Waals surface area contributed by atoms with E-state index >= 15 is 0 Å². The maximum absolute atomic E-state index is 8.80. The summed E-state index contributed by atoms with van der Waals surface area (Å²) in [4.78, 5) is 0. The van der Waals surface area contributed by atoms with Crippen LogP contribution in [0.5, 0.6) is 0 Å². The number of aromatic nitrogens is 2. The van der Waals surface area contributed by atoms with Crippen molar-refractivity contribution in [3.05, 3.63) is 21.9 Å². The Bertz CT molecular complexity index is 324. The summed E-state index contributed by atoms with van der Waals surface area (Å²) in [5.74, 6) is 0. The van der Waals surface area contributed by atoms with Crippen molar-refractivity contribution < 1.29 is 5.11 Å². The van der Waals surface area contributed by atoms with Crippen LogP contribution in [-0.4, -0.2) is 49.9 Å². The zero-order valence-electron chi connectivity index (χ0n) is 5.79. The molecule has 0 aromatic carbocycles. The van der Waals surface area contributed by atoms with E-state index in [-0.39, 0.29) is 51.3 Å². The molecule has 13 heavy (non-hydrogen) atoms. The summed E-state index contributed by atoms with van der Waals surface area (Å²) < 4.78 is 0. The third kappa shape index (κ3) is 4.54. The second kappa shape index (κ2) is 6.11. The van der Waals surface area contributed by atoms with E-state index in [1.165, 1.54) is 6.07 Å². The van der Waals surface area contributed by atoms with Gasteiger partial charge in [-0.3, -0.25) is 0 Å². The molecule has 0 aliphatic heterocycles. The minimum atomic E-state index is -0.152. The molecule has 0 aliphatic rings. The van der Waals surface area contributed by atoms with Gasteiger partial charge in [-0.1, -0.05) is 23.2 Å². The molecule has 0 atom stereocenters. The Morgan fingerprint density at radius 3 is 2.62 bits per heavy atom. The van der Waals surface area contributed by atoms with Crippen molar-refractivity contribution in [2.24, 2.45) is 0 Å². The van der Waals surface area contributed by atoms with Crippen LogP contribution >= 0.6 is 35.4 Å². The van der Waals surface area contributed by atoms with E-state index in [9.17, 15) is 0 Å². The van der Waals surface area contributed by atoms with E-state index in [4.69, 9.17) is 28.3 Å². The van der Waals surface area contributed by atoms with Gasteiger partial charge in [0.25, 0.3) is 0 Å². The molecule has 1 aromatic heterocycles. The fourth-order valence-electron chi connectivity index (χ4n) is 0.675. The molecule has 0 saturated carbocycles. The summed E-state index contributed by atoms with van der Waals surface area (Å²) in [5, 5.41) is 16.1. The molecule has 1 aromatic rings. The van der Waals surface area contributed by atoms with E-state index in [1.807, 2.05) is 0 Å². The van der Waals surface area contributed by atoms with Gasteiger partial charge < -0.3 is 5.11 Å². The SMILES string of the molecule is OC(=S)Cc1cc(Cl)nnc1Cl.[NaH]. The van der Waals surface area contributed by atoms with Crippen molar-refractivity contribution in [1.29, 1.82) is 0 Å². The van der Waals surface area contributed by atoms with Crippen LogP contribution in [0, 0.1) is 0 Å². The average Bonchev–Trinajstić information content (AvgIpc) is 1.96. The van der Waals surface area contributed by atoms with Crippen molar-refractivity contribution >= 4 is 70.0 Å². The zero-order chi connectivity index (χ0) is 9.14. The first-order chi connectivity index (χ1) is 5.59. The summed E-state index contributed by atoms with van der Waals surface area (Å²) in [6.45, 7) is 0. The van der Waals surface area contributed by atoms with Crippen molar-refractivity contribution in [3.63, 3.8) is 0 Å². The molecule has 0 saturated heterocycles. The normalized spacial score (nSPS) is 9.08. The molecule has 0 aliphatic carbocycles. The number of rotatable bonds is 2. The molecule has 1 heterocycles. The van der Waals surface area contributed by atoms with Gasteiger partial charge in [-0.25, -0.2) is 0 Å². The van der Waals surface area contributed by atoms with Crippen LogP contribution in [0.4, 0.5) is 0 Å². The summed E-state index contributed by atoms with van der Waals surface area (Å²) in [6.07, 6.45) is 0.170. The van der Waals surface area contributed by atoms with Gasteiger partial charge in [-0.2, -0.15) is 0 Å². The molecule has 66 valence electrons. The molecule has 0 amide bonds. The Morgan fingerprint density at radius 2 is 2.08 bits per heavy atom. The molecule has 0 unspecified atom stereocenters. The molecule has 0 radical (unpaired) electrons. The Balaban J connectivity index is 0.00000144. The number of halogens is 2. The second-order valence-electron chi connectivity index (χ2n) is 2.05. The van der Waals surface area contributed by atoms with Crippen LogP contribution in [0.2, 0.25) is 10.3 Å².